The fourth-order valence-electron chi connectivity index (χ4n) is 1.82. The summed E-state index contributed by atoms with van der Waals surface area (Å²) in [5.74, 6) is -1.62. The highest BCUT2D eigenvalue weighted by atomic mass is 35.5. The van der Waals surface area contributed by atoms with Crippen LogP contribution in [0.3, 0.4) is 0 Å². The van der Waals surface area contributed by atoms with E-state index in [1.165, 1.54) is 12.2 Å². The van der Waals surface area contributed by atoms with E-state index in [-0.39, 0.29) is 5.57 Å². The minimum atomic E-state index is -2.21. The fraction of sp³-hybridized carbons (Fsp3) is 0.154. The zero-order valence-electron chi connectivity index (χ0n) is 8.81. The van der Waals surface area contributed by atoms with Crippen LogP contribution in [0.15, 0.2) is 54.1 Å². The first-order chi connectivity index (χ1) is 7.99. The van der Waals surface area contributed by atoms with Gasteiger partial charge >= 0.3 is 5.97 Å². The third-order valence-electron chi connectivity index (χ3n) is 2.60. The Labute approximate surface area is 103 Å². The zero-order chi connectivity index (χ0) is 12.5. The second kappa shape index (κ2) is 4.34. The summed E-state index contributed by atoms with van der Waals surface area (Å²) >= 11 is 5.47. The Kier molecular flexibility index (Phi) is 3.03. The second-order valence-electron chi connectivity index (χ2n) is 3.83. The number of carbonyl (C=O) groups is 1. The van der Waals surface area contributed by atoms with Crippen molar-refractivity contribution in [1.82, 2.24) is 0 Å². The lowest BCUT2D eigenvalue weighted by atomic mass is 9.86. The number of halogens is 2. The lowest BCUT2D eigenvalue weighted by molar-refractivity contribution is -0.132. The van der Waals surface area contributed by atoms with Gasteiger partial charge in [-0.1, -0.05) is 48.0 Å². The number of alkyl halides is 2. The summed E-state index contributed by atoms with van der Waals surface area (Å²) in [6.07, 6.45) is 3.58. The van der Waals surface area contributed by atoms with Crippen molar-refractivity contribution >= 4 is 17.6 Å². The van der Waals surface area contributed by atoms with E-state index in [0.29, 0.717) is 0 Å². The van der Waals surface area contributed by atoms with Crippen LogP contribution < -0.4 is 0 Å². The molecule has 0 radical (unpaired) electrons. The van der Waals surface area contributed by atoms with Crippen molar-refractivity contribution in [3.8, 4) is 0 Å². The van der Waals surface area contributed by atoms with E-state index < -0.39 is 17.0 Å². The number of carboxylic acid groups (broad SMARTS) is 1. The highest BCUT2D eigenvalue weighted by Gasteiger charge is 2.31. The lowest BCUT2D eigenvalue weighted by Crippen LogP contribution is -2.20. The molecule has 1 aliphatic rings. The van der Waals surface area contributed by atoms with E-state index in [1.54, 1.807) is 24.3 Å². The Morgan fingerprint density at radius 2 is 2.00 bits per heavy atom. The average Bonchev–Trinajstić information content (AvgIpc) is 2.29. The molecule has 0 saturated carbocycles. The summed E-state index contributed by atoms with van der Waals surface area (Å²) in [7, 11) is 0. The molecule has 0 saturated heterocycles. The third-order valence-corrected chi connectivity index (χ3v) is 2.83. The number of rotatable bonds is 2. The standard InChI is InChI=1S/C13H10ClFO2/c14-13(15)7-6-10(11(8-13)12(16)17)9-4-2-1-3-5-9/h1-8,10H,(H,16,17). The third kappa shape index (κ3) is 2.56. The molecule has 2 rings (SSSR count). The first kappa shape index (κ1) is 11.9. The van der Waals surface area contributed by atoms with Gasteiger partial charge in [-0.25, -0.2) is 9.18 Å². The number of benzene rings is 1. The molecule has 1 aromatic carbocycles. The van der Waals surface area contributed by atoms with Gasteiger partial charge in [0, 0.05) is 11.5 Å². The molecule has 0 spiro atoms. The minimum absolute atomic E-state index is 0.0452. The van der Waals surface area contributed by atoms with Crippen molar-refractivity contribution in [2.75, 3.05) is 0 Å². The van der Waals surface area contributed by atoms with Crippen LogP contribution in [0.4, 0.5) is 4.39 Å². The van der Waals surface area contributed by atoms with Gasteiger partial charge in [-0.3, -0.25) is 0 Å². The van der Waals surface area contributed by atoms with Gasteiger partial charge in [-0.15, -0.1) is 0 Å². The van der Waals surface area contributed by atoms with Crippen molar-refractivity contribution in [3.63, 3.8) is 0 Å². The maximum Gasteiger partial charge on any atom is 0.332 e. The van der Waals surface area contributed by atoms with Gasteiger partial charge in [0.2, 0.25) is 5.13 Å². The number of allylic oxidation sites excluding steroid dienone is 3. The van der Waals surface area contributed by atoms with Gasteiger partial charge in [-0.2, -0.15) is 0 Å². The summed E-state index contributed by atoms with van der Waals surface area (Å²) in [4.78, 5) is 11.1. The van der Waals surface area contributed by atoms with Crippen LogP contribution in [0, 0.1) is 0 Å². The fourth-order valence-corrected chi connectivity index (χ4v) is 2.01. The number of carboxylic acids is 1. The Morgan fingerprint density at radius 3 is 2.59 bits per heavy atom. The molecule has 0 heterocycles. The number of hydrogen-bond acceptors (Lipinski definition) is 1. The van der Waals surface area contributed by atoms with Crippen LogP contribution >= 0.6 is 11.6 Å². The Balaban J connectivity index is 2.43. The monoisotopic (exact) mass is 252 g/mol. The summed E-state index contributed by atoms with van der Waals surface area (Å²) in [6.45, 7) is 0. The van der Waals surface area contributed by atoms with Crippen molar-refractivity contribution in [2.45, 2.75) is 11.0 Å². The summed E-state index contributed by atoms with van der Waals surface area (Å²) in [5, 5.41) is 6.87. The molecule has 17 heavy (non-hydrogen) atoms. The maximum atomic E-state index is 13.5. The highest BCUT2D eigenvalue weighted by Crippen LogP contribution is 2.36. The molecule has 4 heteroatoms. The molecule has 0 amide bonds. The van der Waals surface area contributed by atoms with E-state index in [0.717, 1.165) is 11.6 Å². The first-order valence-corrected chi connectivity index (χ1v) is 5.45. The SMILES string of the molecule is O=C(O)C1=CC(F)(Cl)C=CC1c1ccccc1. The summed E-state index contributed by atoms with van der Waals surface area (Å²) in [6, 6.07) is 9.04. The second-order valence-corrected chi connectivity index (χ2v) is 4.41. The smallest absolute Gasteiger partial charge is 0.332 e. The maximum absolute atomic E-state index is 13.5. The molecule has 0 aliphatic heterocycles. The van der Waals surface area contributed by atoms with Crippen LogP contribution in [-0.2, 0) is 4.79 Å². The molecular weight excluding hydrogens is 243 g/mol. The van der Waals surface area contributed by atoms with Crippen molar-refractivity contribution in [3.05, 3.63) is 59.7 Å². The normalized spacial score (nSPS) is 27.6. The summed E-state index contributed by atoms with van der Waals surface area (Å²) < 4.78 is 13.5. The van der Waals surface area contributed by atoms with Gasteiger partial charge < -0.3 is 5.11 Å². The number of hydrogen-bond donors (Lipinski definition) is 1. The molecule has 1 N–H and O–H groups in total. The van der Waals surface area contributed by atoms with Crippen molar-refractivity contribution in [1.29, 1.82) is 0 Å². The van der Waals surface area contributed by atoms with E-state index in [9.17, 15) is 9.18 Å². The van der Waals surface area contributed by atoms with Gasteiger partial charge in [0.25, 0.3) is 0 Å². The molecular formula is C13H10ClFO2. The Hall–Kier alpha value is -1.61. The molecule has 0 fully saturated rings. The predicted molar refractivity (Wildman–Crippen MR) is 63.7 cm³/mol. The molecule has 1 aromatic rings. The Bertz CT molecular complexity index is 491. The van der Waals surface area contributed by atoms with Crippen LogP contribution in [-0.4, -0.2) is 16.2 Å². The summed E-state index contributed by atoms with van der Waals surface area (Å²) in [5.41, 5.74) is 0.751. The van der Waals surface area contributed by atoms with Crippen LogP contribution in [0.25, 0.3) is 0 Å². The highest BCUT2D eigenvalue weighted by molar-refractivity contribution is 6.26. The van der Waals surface area contributed by atoms with Gasteiger partial charge in [0.05, 0.1) is 0 Å². The first-order valence-electron chi connectivity index (χ1n) is 5.08. The lowest BCUT2D eigenvalue weighted by Gasteiger charge is -2.22. The largest absolute Gasteiger partial charge is 0.478 e. The van der Waals surface area contributed by atoms with Crippen molar-refractivity contribution in [2.24, 2.45) is 0 Å². The van der Waals surface area contributed by atoms with Crippen LogP contribution in [0.2, 0.25) is 0 Å². The van der Waals surface area contributed by atoms with Crippen LogP contribution in [0.1, 0.15) is 11.5 Å². The number of aliphatic carboxylic acids is 1. The topological polar surface area (TPSA) is 37.3 Å². The Morgan fingerprint density at radius 1 is 1.35 bits per heavy atom. The zero-order valence-corrected chi connectivity index (χ0v) is 9.56. The van der Waals surface area contributed by atoms with E-state index in [4.69, 9.17) is 16.7 Å². The quantitative estimate of drug-likeness (QED) is 0.648. The van der Waals surface area contributed by atoms with E-state index >= 15 is 0 Å². The predicted octanol–water partition coefficient (Wildman–Crippen LogP) is 3.26. The van der Waals surface area contributed by atoms with E-state index in [2.05, 4.69) is 0 Å². The molecule has 0 aromatic heterocycles. The molecule has 2 atom stereocenters. The van der Waals surface area contributed by atoms with Gasteiger partial charge in [-0.05, 0) is 17.7 Å². The molecule has 2 unspecified atom stereocenters. The van der Waals surface area contributed by atoms with Gasteiger partial charge in [0.1, 0.15) is 0 Å². The minimum Gasteiger partial charge on any atom is -0.478 e. The molecule has 88 valence electrons. The van der Waals surface area contributed by atoms with Crippen molar-refractivity contribution < 1.29 is 14.3 Å². The molecule has 1 aliphatic carbocycles. The average molecular weight is 253 g/mol. The molecule has 0 bridgehead atoms. The van der Waals surface area contributed by atoms with Gasteiger partial charge in [0.15, 0.2) is 0 Å². The van der Waals surface area contributed by atoms with Crippen LogP contribution in [0.5, 0.6) is 0 Å². The van der Waals surface area contributed by atoms with E-state index in [1.807, 2.05) is 6.07 Å². The molecule has 2 nitrogen and oxygen atoms in total.